The summed E-state index contributed by atoms with van der Waals surface area (Å²) in [4.78, 5) is 11.9. The minimum atomic E-state index is -0.339. The number of amides is 2. The van der Waals surface area contributed by atoms with Gasteiger partial charge in [0.1, 0.15) is 0 Å². The van der Waals surface area contributed by atoms with Gasteiger partial charge in [-0.05, 0) is 12.8 Å². The fraction of sp³-hybridized carbons (Fsp3) is 0.533. The summed E-state index contributed by atoms with van der Waals surface area (Å²) in [6.45, 7) is 0.553. The predicted molar refractivity (Wildman–Crippen MR) is 81.9 cm³/mol. The van der Waals surface area contributed by atoms with Crippen molar-refractivity contribution in [1.82, 2.24) is 5.32 Å². The highest BCUT2D eigenvalue weighted by atomic mass is 16.5. The van der Waals surface area contributed by atoms with Gasteiger partial charge in [-0.15, -0.1) is 0 Å². The van der Waals surface area contributed by atoms with Gasteiger partial charge >= 0.3 is 6.03 Å². The number of methoxy groups -OCH3 is 3. The Labute approximate surface area is 129 Å². The monoisotopic (exact) mass is 310 g/mol. The second-order valence-corrected chi connectivity index (χ2v) is 5.38. The van der Waals surface area contributed by atoms with Crippen molar-refractivity contribution in [2.45, 2.75) is 12.8 Å². The number of urea groups is 1. The fourth-order valence-corrected chi connectivity index (χ4v) is 2.16. The van der Waals surface area contributed by atoms with Crippen molar-refractivity contribution in [3.05, 3.63) is 12.1 Å². The zero-order valence-electron chi connectivity index (χ0n) is 13.1. The minimum absolute atomic E-state index is 0.0947. The van der Waals surface area contributed by atoms with Gasteiger partial charge in [-0.2, -0.15) is 0 Å². The van der Waals surface area contributed by atoms with Crippen molar-refractivity contribution in [1.29, 1.82) is 0 Å². The third-order valence-corrected chi connectivity index (χ3v) is 3.84. The molecule has 0 saturated heterocycles. The molecule has 0 atom stereocenters. The summed E-state index contributed by atoms with van der Waals surface area (Å²) in [6.07, 6.45) is 1.88. The lowest BCUT2D eigenvalue weighted by molar-refractivity contribution is 0.206. The first-order chi connectivity index (χ1) is 10.6. The SMILES string of the molecule is COc1cc(NC(=O)NCC2(CO)CC2)cc(OC)c1OC. The lowest BCUT2D eigenvalue weighted by Crippen LogP contribution is -2.35. The number of hydrogen-bond donors (Lipinski definition) is 3. The number of nitrogens with one attached hydrogen (secondary N) is 2. The Hall–Kier alpha value is -2.15. The molecule has 1 fully saturated rings. The summed E-state index contributed by atoms with van der Waals surface area (Å²) in [7, 11) is 4.54. The zero-order chi connectivity index (χ0) is 16.2. The average molecular weight is 310 g/mol. The molecule has 0 radical (unpaired) electrons. The minimum Gasteiger partial charge on any atom is -0.493 e. The highest BCUT2D eigenvalue weighted by Gasteiger charge is 2.42. The van der Waals surface area contributed by atoms with Crippen molar-refractivity contribution in [2.75, 3.05) is 39.8 Å². The van der Waals surface area contributed by atoms with Gasteiger partial charge in [0.05, 0.1) is 33.6 Å². The smallest absolute Gasteiger partial charge is 0.319 e. The van der Waals surface area contributed by atoms with E-state index in [2.05, 4.69) is 10.6 Å². The zero-order valence-corrected chi connectivity index (χ0v) is 13.1. The van der Waals surface area contributed by atoms with Gasteiger partial charge in [0, 0.05) is 24.1 Å². The largest absolute Gasteiger partial charge is 0.493 e. The van der Waals surface area contributed by atoms with Crippen LogP contribution >= 0.6 is 0 Å². The van der Waals surface area contributed by atoms with Crippen LogP contribution in [-0.2, 0) is 0 Å². The van der Waals surface area contributed by atoms with E-state index >= 15 is 0 Å². The van der Waals surface area contributed by atoms with Crippen LogP contribution in [0.5, 0.6) is 17.2 Å². The summed E-state index contributed by atoms with van der Waals surface area (Å²) < 4.78 is 15.7. The van der Waals surface area contributed by atoms with Crippen LogP contribution in [0.15, 0.2) is 12.1 Å². The number of hydrogen-bond acceptors (Lipinski definition) is 5. The number of aliphatic hydroxyl groups excluding tert-OH is 1. The second kappa shape index (κ2) is 6.74. The van der Waals surface area contributed by atoms with E-state index in [9.17, 15) is 9.90 Å². The van der Waals surface area contributed by atoms with Crippen LogP contribution in [0.25, 0.3) is 0 Å². The quantitative estimate of drug-likeness (QED) is 0.712. The maximum Gasteiger partial charge on any atom is 0.319 e. The van der Waals surface area contributed by atoms with Gasteiger partial charge in [-0.25, -0.2) is 4.79 Å². The lowest BCUT2D eigenvalue weighted by atomic mass is 10.1. The summed E-state index contributed by atoms with van der Waals surface area (Å²) >= 11 is 0. The Bertz CT molecular complexity index is 518. The topological polar surface area (TPSA) is 89.1 Å². The molecule has 2 rings (SSSR count). The summed E-state index contributed by atoms with van der Waals surface area (Å²) in [5.41, 5.74) is 0.396. The molecule has 7 nitrogen and oxygen atoms in total. The molecule has 122 valence electrons. The molecule has 0 spiro atoms. The molecule has 1 aromatic carbocycles. The molecule has 7 heteroatoms. The van der Waals surface area contributed by atoms with Gasteiger partial charge in [0.15, 0.2) is 11.5 Å². The third-order valence-electron chi connectivity index (χ3n) is 3.84. The first-order valence-corrected chi connectivity index (χ1v) is 7.03. The molecule has 1 saturated carbocycles. The predicted octanol–water partition coefficient (Wildman–Crippen LogP) is 1.61. The van der Waals surface area contributed by atoms with E-state index in [4.69, 9.17) is 14.2 Å². The van der Waals surface area contributed by atoms with Crippen molar-refractivity contribution in [2.24, 2.45) is 5.41 Å². The molecule has 2 amide bonds. The van der Waals surface area contributed by atoms with Crippen molar-refractivity contribution in [3.63, 3.8) is 0 Å². The maximum atomic E-state index is 11.9. The Balaban J connectivity index is 2.03. The number of carbonyl (C=O) groups excluding carboxylic acids is 1. The Morgan fingerprint density at radius 3 is 2.18 bits per heavy atom. The van der Waals surface area contributed by atoms with E-state index in [1.165, 1.54) is 21.3 Å². The average Bonchev–Trinajstić information content (AvgIpc) is 3.32. The van der Waals surface area contributed by atoms with Gasteiger partial charge in [0.2, 0.25) is 5.75 Å². The molecule has 0 aliphatic heterocycles. The highest BCUT2D eigenvalue weighted by Crippen LogP contribution is 2.44. The van der Waals surface area contributed by atoms with Gasteiger partial charge in [0.25, 0.3) is 0 Å². The van der Waals surface area contributed by atoms with Crippen molar-refractivity contribution >= 4 is 11.7 Å². The normalized spacial score (nSPS) is 14.9. The van der Waals surface area contributed by atoms with Crippen LogP contribution in [0.3, 0.4) is 0 Å². The molecular weight excluding hydrogens is 288 g/mol. The Kier molecular flexibility index (Phi) is 4.97. The van der Waals surface area contributed by atoms with E-state index in [-0.39, 0.29) is 18.1 Å². The molecule has 1 aliphatic rings. The van der Waals surface area contributed by atoms with Crippen molar-refractivity contribution in [3.8, 4) is 17.2 Å². The highest BCUT2D eigenvalue weighted by molar-refractivity contribution is 5.90. The van der Waals surface area contributed by atoms with E-state index in [0.717, 1.165) is 12.8 Å². The van der Waals surface area contributed by atoms with Crippen molar-refractivity contribution < 1.29 is 24.1 Å². The van der Waals surface area contributed by atoms with E-state index in [1.807, 2.05) is 0 Å². The van der Waals surface area contributed by atoms with Crippen LogP contribution in [0.1, 0.15) is 12.8 Å². The van der Waals surface area contributed by atoms with Crippen LogP contribution in [0.4, 0.5) is 10.5 Å². The van der Waals surface area contributed by atoms with Gasteiger partial charge < -0.3 is 30.0 Å². The number of ether oxygens (including phenoxy) is 3. The first kappa shape index (κ1) is 16.2. The molecular formula is C15H22N2O5. The molecule has 3 N–H and O–H groups in total. The van der Waals surface area contributed by atoms with Gasteiger partial charge in [-0.3, -0.25) is 0 Å². The third kappa shape index (κ3) is 3.54. The molecule has 0 heterocycles. The lowest BCUT2D eigenvalue weighted by Gasteiger charge is -2.16. The standard InChI is InChI=1S/C15H22N2O5/c1-20-11-6-10(7-12(21-2)13(11)22-3)17-14(19)16-8-15(9-18)4-5-15/h6-7,18H,4-5,8-9H2,1-3H3,(H2,16,17,19). The van der Waals surface area contributed by atoms with Gasteiger partial charge in [-0.1, -0.05) is 0 Å². The number of carbonyl (C=O) groups is 1. The van der Waals surface area contributed by atoms with E-state index < -0.39 is 0 Å². The Morgan fingerprint density at radius 2 is 1.77 bits per heavy atom. The second-order valence-electron chi connectivity index (χ2n) is 5.38. The van der Waals surface area contributed by atoms with Crippen LogP contribution < -0.4 is 24.8 Å². The molecule has 22 heavy (non-hydrogen) atoms. The molecule has 0 bridgehead atoms. The summed E-state index contributed by atoms with van der Waals surface area (Å²) in [6, 6.07) is 2.97. The number of rotatable bonds is 7. The molecule has 0 aromatic heterocycles. The molecule has 1 aliphatic carbocycles. The number of anilines is 1. The van der Waals surface area contributed by atoms with E-state index in [1.54, 1.807) is 12.1 Å². The number of aliphatic hydroxyl groups is 1. The Morgan fingerprint density at radius 1 is 1.18 bits per heavy atom. The summed E-state index contributed by atoms with van der Waals surface area (Å²) in [5.74, 6) is 1.39. The van der Waals surface area contributed by atoms with Crippen LogP contribution in [0.2, 0.25) is 0 Å². The van der Waals surface area contributed by atoms with Crippen LogP contribution in [-0.4, -0.2) is 45.6 Å². The first-order valence-electron chi connectivity index (χ1n) is 7.03. The van der Waals surface area contributed by atoms with Crippen LogP contribution in [0, 0.1) is 5.41 Å². The van der Waals surface area contributed by atoms with E-state index in [0.29, 0.717) is 29.5 Å². The maximum absolute atomic E-state index is 11.9. The number of benzene rings is 1. The molecule has 0 unspecified atom stereocenters. The molecule has 1 aromatic rings. The summed E-state index contributed by atoms with van der Waals surface area (Å²) in [5, 5.41) is 14.7. The fourth-order valence-electron chi connectivity index (χ4n) is 2.16.